The molecule has 2 aliphatic heterocycles. The largest absolute Gasteiger partial charge is 0.496 e. The van der Waals surface area contributed by atoms with Crippen molar-refractivity contribution in [2.45, 2.75) is 25.6 Å². The number of hydrogen-bond donors (Lipinski definition) is 1. The zero-order valence-electron chi connectivity index (χ0n) is 14.4. The smallest absolute Gasteiger partial charge is 0.164 e. The van der Waals surface area contributed by atoms with E-state index in [0.29, 0.717) is 26.3 Å². The molecule has 0 amide bonds. The van der Waals surface area contributed by atoms with Crippen LogP contribution in [-0.2, 0) is 13.1 Å². The molecule has 4 rings (SSSR count). The summed E-state index contributed by atoms with van der Waals surface area (Å²) < 4.78 is 17.1. The molecule has 0 spiro atoms. The number of β-amino-alcohol motifs (C(OH)–C–C–N with tert-alkyl or cyclic N) is 1. The molecule has 0 aliphatic carbocycles. The standard InChI is InChI=1S/C20H23NO4/c1-23-18-10-20-19(24-7-4-8-25-20)9-15(18)12-21-11-14-5-2-3-6-16(14)17(22)13-21/h2-3,5-6,9-10,17,22H,4,7-8,11-13H2,1H3/t17-/m1/s1. The maximum Gasteiger partial charge on any atom is 0.164 e. The Hall–Kier alpha value is -2.24. The van der Waals surface area contributed by atoms with E-state index in [1.54, 1.807) is 7.11 Å². The Morgan fingerprint density at radius 1 is 1.16 bits per heavy atom. The van der Waals surface area contributed by atoms with Gasteiger partial charge in [-0.2, -0.15) is 0 Å². The fourth-order valence-electron chi connectivity index (χ4n) is 3.56. The number of hydrogen-bond acceptors (Lipinski definition) is 5. The second kappa shape index (κ2) is 6.94. The van der Waals surface area contributed by atoms with Gasteiger partial charge in [-0.1, -0.05) is 24.3 Å². The fourth-order valence-corrected chi connectivity index (χ4v) is 3.56. The summed E-state index contributed by atoms with van der Waals surface area (Å²) in [5.41, 5.74) is 3.25. The summed E-state index contributed by atoms with van der Waals surface area (Å²) in [6.07, 6.45) is 0.415. The second-order valence-corrected chi connectivity index (χ2v) is 6.55. The Morgan fingerprint density at radius 2 is 1.92 bits per heavy atom. The minimum atomic E-state index is -0.462. The normalized spacial score (nSPS) is 19.8. The number of rotatable bonds is 3. The Balaban J connectivity index is 1.59. The van der Waals surface area contributed by atoms with Gasteiger partial charge in [0.2, 0.25) is 0 Å². The molecular weight excluding hydrogens is 318 g/mol. The summed E-state index contributed by atoms with van der Waals surface area (Å²) in [5.74, 6) is 2.30. The van der Waals surface area contributed by atoms with Gasteiger partial charge in [0.1, 0.15) is 5.75 Å². The summed E-state index contributed by atoms with van der Waals surface area (Å²) in [7, 11) is 1.67. The van der Waals surface area contributed by atoms with Gasteiger partial charge in [0, 0.05) is 37.7 Å². The van der Waals surface area contributed by atoms with Gasteiger partial charge in [0.05, 0.1) is 26.4 Å². The summed E-state index contributed by atoms with van der Waals surface area (Å²) in [6, 6.07) is 12.0. The maximum absolute atomic E-state index is 10.4. The van der Waals surface area contributed by atoms with Crippen LogP contribution in [0.4, 0.5) is 0 Å². The van der Waals surface area contributed by atoms with E-state index in [-0.39, 0.29) is 0 Å². The Morgan fingerprint density at radius 3 is 2.72 bits per heavy atom. The molecule has 5 heteroatoms. The number of benzene rings is 2. The third-order valence-electron chi connectivity index (χ3n) is 4.78. The Kier molecular flexibility index (Phi) is 4.51. The van der Waals surface area contributed by atoms with Gasteiger partial charge in [-0.15, -0.1) is 0 Å². The molecule has 0 fully saturated rings. The number of fused-ring (bicyclic) bond motifs is 2. The first-order chi connectivity index (χ1) is 12.2. The summed E-state index contributed by atoms with van der Waals surface area (Å²) in [4.78, 5) is 2.23. The Labute approximate surface area is 147 Å². The van der Waals surface area contributed by atoms with Crippen LogP contribution in [0.25, 0.3) is 0 Å². The zero-order chi connectivity index (χ0) is 17.2. The van der Waals surface area contributed by atoms with Crippen LogP contribution >= 0.6 is 0 Å². The quantitative estimate of drug-likeness (QED) is 0.930. The molecule has 0 saturated heterocycles. The van der Waals surface area contributed by atoms with Gasteiger partial charge in [-0.3, -0.25) is 4.90 Å². The molecule has 0 saturated carbocycles. The van der Waals surface area contributed by atoms with Crippen molar-refractivity contribution in [2.24, 2.45) is 0 Å². The van der Waals surface area contributed by atoms with Crippen molar-refractivity contribution in [3.8, 4) is 17.2 Å². The maximum atomic E-state index is 10.4. The molecule has 0 unspecified atom stereocenters. The first-order valence-corrected chi connectivity index (χ1v) is 8.69. The molecule has 2 aromatic carbocycles. The van der Waals surface area contributed by atoms with E-state index in [1.807, 2.05) is 30.3 Å². The second-order valence-electron chi connectivity index (χ2n) is 6.55. The molecule has 132 valence electrons. The van der Waals surface area contributed by atoms with Crippen LogP contribution < -0.4 is 14.2 Å². The lowest BCUT2D eigenvalue weighted by Gasteiger charge is -2.32. The molecule has 2 heterocycles. The first kappa shape index (κ1) is 16.2. The van der Waals surface area contributed by atoms with E-state index in [2.05, 4.69) is 11.0 Å². The average Bonchev–Trinajstić information content (AvgIpc) is 2.86. The number of methoxy groups -OCH3 is 1. The lowest BCUT2D eigenvalue weighted by molar-refractivity contribution is 0.0876. The minimum absolute atomic E-state index is 0.462. The molecular formula is C20H23NO4. The van der Waals surface area contributed by atoms with Crippen molar-refractivity contribution in [3.63, 3.8) is 0 Å². The van der Waals surface area contributed by atoms with Crippen molar-refractivity contribution < 1.29 is 19.3 Å². The third kappa shape index (κ3) is 3.30. The van der Waals surface area contributed by atoms with Gasteiger partial charge in [-0.05, 0) is 17.2 Å². The SMILES string of the molecule is COc1cc2c(cc1CN1Cc3ccccc3[C@H](O)C1)OCCCO2. The van der Waals surface area contributed by atoms with E-state index < -0.39 is 6.10 Å². The molecule has 5 nitrogen and oxygen atoms in total. The highest BCUT2D eigenvalue weighted by Gasteiger charge is 2.25. The van der Waals surface area contributed by atoms with Crippen LogP contribution in [0.2, 0.25) is 0 Å². The molecule has 2 aromatic rings. The Bertz CT molecular complexity index is 761. The predicted octanol–water partition coefficient (Wildman–Crippen LogP) is 2.91. The molecule has 1 atom stereocenters. The van der Waals surface area contributed by atoms with Crippen molar-refractivity contribution in [1.82, 2.24) is 4.90 Å². The van der Waals surface area contributed by atoms with Crippen LogP contribution in [0.5, 0.6) is 17.2 Å². The summed E-state index contributed by atoms with van der Waals surface area (Å²) in [6.45, 7) is 3.42. The predicted molar refractivity (Wildman–Crippen MR) is 94.1 cm³/mol. The van der Waals surface area contributed by atoms with Gasteiger partial charge in [-0.25, -0.2) is 0 Å². The van der Waals surface area contributed by atoms with Crippen LogP contribution in [0, 0.1) is 0 Å². The average molecular weight is 341 g/mol. The number of ether oxygens (including phenoxy) is 3. The lowest BCUT2D eigenvalue weighted by atomic mass is 9.97. The van der Waals surface area contributed by atoms with Crippen molar-refractivity contribution in [2.75, 3.05) is 26.9 Å². The fraction of sp³-hybridized carbons (Fsp3) is 0.400. The van der Waals surface area contributed by atoms with Gasteiger partial charge >= 0.3 is 0 Å². The number of nitrogens with zero attached hydrogens (tertiary/aromatic N) is 1. The van der Waals surface area contributed by atoms with Crippen LogP contribution in [0.3, 0.4) is 0 Å². The molecule has 1 N–H and O–H groups in total. The van der Waals surface area contributed by atoms with E-state index in [1.165, 1.54) is 5.56 Å². The zero-order valence-corrected chi connectivity index (χ0v) is 14.4. The number of aliphatic hydroxyl groups excluding tert-OH is 1. The number of aliphatic hydroxyl groups is 1. The van der Waals surface area contributed by atoms with E-state index in [4.69, 9.17) is 14.2 Å². The lowest BCUT2D eigenvalue weighted by Crippen LogP contribution is -2.33. The van der Waals surface area contributed by atoms with E-state index in [0.717, 1.165) is 41.3 Å². The van der Waals surface area contributed by atoms with Gasteiger partial charge in [0.25, 0.3) is 0 Å². The highest BCUT2D eigenvalue weighted by molar-refractivity contribution is 5.51. The van der Waals surface area contributed by atoms with Crippen molar-refractivity contribution in [3.05, 3.63) is 53.1 Å². The van der Waals surface area contributed by atoms with Gasteiger partial charge < -0.3 is 19.3 Å². The summed E-state index contributed by atoms with van der Waals surface area (Å²) in [5, 5.41) is 10.4. The van der Waals surface area contributed by atoms with Crippen LogP contribution in [-0.4, -0.2) is 36.9 Å². The molecule has 0 aromatic heterocycles. The van der Waals surface area contributed by atoms with E-state index >= 15 is 0 Å². The molecule has 25 heavy (non-hydrogen) atoms. The van der Waals surface area contributed by atoms with Crippen molar-refractivity contribution >= 4 is 0 Å². The molecule has 0 bridgehead atoms. The first-order valence-electron chi connectivity index (χ1n) is 8.69. The third-order valence-corrected chi connectivity index (χ3v) is 4.78. The van der Waals surface area contributed by atoms with E-state index in [9.17, 15) is 5.11 Å². The highest BCUT2D eigenvalue weighted by Crippen LogP contribution is 2.38. The molecule has 0 radical (unpaired) electrons. The van der Waals surface area contributed by atoms with Crippen LogP contribution in [0.15, 0.2) is 36.4 Å². The minimum Gasteiger partial charge on any atom is -0.496 e. The summed E-state index contributed by atoms with van der Waals surface area (Å²) >= 11 is 0. The van der Waals surface area contributed by atoms with Gasteiger partial charge in [0.15, 0.2) is 11.5 Å². The highest BCUT2D eigenvalue weighted by atomic mass is 16.5. The molecule has 2 aliphatic rings. The van der Waals surface area contributed by atoms with Crippen molar-refractivity contribution in [1.29, 1.82) is 0 Å². The van der Waals surface area contributed by atoms with Crippen LogP contribution in [0.1, 0.15) is 29.2 Å². The topological polar surface area (TPSA) is 51.2 Å². The monoisotopic (exact) mass is 341 g/mol.